The van der Waals surface area contributed by atoms with Gasteiger partial charge < -0.3 is 13.9 Å². The number of fused-ring (bicyclic) bond motifs is 2. The number of unbranched alkanes of at least 4 members (excludes halogenated alkanes) is 1. The number of hydrogen-bond acceptors (Lipinski definition) is 5. The maximum Gasteiger partial charge on any atom is 0.325 e. The fraction of sp³-hybridized carbons (Fsp3) is 0.750. The molecule has 0 aromatic rings. The molecule has 1 saturated carbocycles. The van der Waals surface area contributed by atoms with Gasteiger partial charge in [0.25, 0.3) is 0 Å². The van der Waals surface area contributed by atoms with Gasteiger partial charge in [-0.2, -0.15) is 0 Å². The first-order chi connectivity index (χ1) is 13.9. The van der Waals surface area contributed by atoms with Gasteiger partial charge in [-0.3, -0.25) is 9.59 Å². The Labute approximate surface area is 183 Å². The highest BCUT2D eigenvalue weighted by atomic mass is 28.4. The van der Waals surface area contributed by atoms with Crippen LogP contribution in [-0.4, -0.2) is 40.6 Å². The van der Waals surface area contributed by atoms with Gasteiger partial charge in [0.15, 0.2) is 13.7 Å². The summed E-state index contributed by atoms with van der Waals surface area (Å²) < 4.78 is 17.2. The molecule has 0 aliphatic heterocycles. The number of carbonyl (C=O) groups excluding carboxylic acids is 2. The molecule has 1 fully saturated rings. The summed E-state index contributed by atoms with van der Waals surface area (Å²) in [4.78, 5) is 26.4. The van der Waals surface area contributed by atoms with E-state index < -0.39 is 31.8 Å². The van der Waals surface area contributed by atoms with E-state index in [1.54, 1.807) is 0 Å². The zero-order valence-electron chi connectivity index (χ0n) is 20.0. The van der Waals surface area contributed by atoms with Gasteiger partial charge in [0.1, 0.15) is 0 Å². The average Bonchev–Trinajstić information content (AvgIpc) is 2.85. The van der Waals surface area contributed by atoms with E-state index in [2.05, 4.69) is 59.0 Å². The van der Waals surface area contributed by atoms with E-state index in [9.17, 15) is 9.59 Å². The van der Waals surface area contributed by atoms with E-state index in [-0.39, 0.29) is 16.9 Å². The van der Waals surface area contributed by atoms with E-state index >= 15 is 0 Å². The standard InChI is InChI=1S/C24H40O5Si/c1-9-10-11-17-12-13-19-15-18(14-17)16-24(21(25)27-5,22(26)28-6)20(19)29-30(7,8)23(2,3)4/h12-14,18-20H,9-11,15-16H2,1-8H3/t18-,19+,20-/m0/s1. The molecule has 6 heteroatoms. The molecule has 0 heterocycles. The van der Waals surface area contributed by atoms with Crippen LogP contribution in [0.3, 0.4) is 0 Å². The molecule has 0 amide bonds. The average molecular weight is 437 g/mol. The largest absolute Gasteiger partial charge is 0.468 e. The molecule has 2 aliphatic rings. The number of ether oxygens (including phenoxy) is 2. The third-order valence-electron chi connectivity index (χ3n) is 7.19. The Kier molecular flexibility index (Phi) is 7.78. The Hall–Kier alpha value is -1.40. The van der Waals surface area contributed by atoms with Crippen molar-refractivity contribution in [1.82, 2.24) is 0 Å². The molecule has 0 radical (unpaired) electrons. The van der Waals surface area contributed by atoms with Crippen molar-refractivity contribution < 1.29 is 23.5 Å². The zero-order chi connectivity index (χ0) is 22.7. The minimum absolute atomic E-state index is 0.0496. The van der Waals surface area contributed by atoms with Crippen molar-refractivity contribution in [3.8, 4) is 0 Å². The van der Waals surface area contributed by atoms with Crippen LogP contribution in [0.1, 0.15) is 59.8 Å². The van der Waals surface area contributed by atoms with E-state index in [1.165, 1.54) is 19.8 Å². The summed E-state index contributed by atoms with van der Waals surface area (Å²) >= 11 is 0. The van der Waals surface area contributed by atoms with Crippen LogP contribution in [0.4, 0.5) is 0 Å². The number of methoxy groups -OCH3 is 2. The molecule has 0 aromatic carbocycles. The van der Waals surface area contributed by atoms with Crippen LogP contribution in [0.2, 0.25) is 18.1 Å². The molecule has 170 valence electrons. The van der Waals surface area contributed by atoms with E-state index in [0.717, 1.165) is 25.7 Å². The topological polar surface area (TPSA) is 61.8 Å². The lowest BCUT2D eigenvalue weighted by molar-refractivity contribution is -0.184. The first-order valence-corrected chi connectivity index (χ1v) is 14.1. The van der Waals surface area contributed by atoms with Gasteiger partial charge in [0.05, 0.1) is 20.3 Å². The Morgan fingerprint density at radius 3 is 2.27 bits per heavy atom. The van der Waals surface area contributed by atoms with Gasteiger partial charge >= 0.3 is 11.9 Å². The van der Waals surface area contributed by atoms with Crippen LogP contribution in [0, 0.1) is 17.3 Å². The highest BCUT2D eigenvalue weighted by Gasteiger charge is 2.62. The summed E-state index contributed by atoms with van der Waals surface area (Å²) in [7, 11) is 0.405. The summed E-state index contributed by atoms with van der Waals surface area (Å²) in [6.07, 6.45) is 10.5. The van der Waals surface area contributed by atoms with Crippen molar-refractivity contribution in [2.24, 2.45) is 17.3 Å². The number of hydrogen-bond donors (Lipinski definition) is 0. The van der Waals surface area contributed by atoms with Gasteiger partial charge in [0, 0.05) is 5.92 Å². The van der Waals surface area contributed by atoms with Crippen molar-refractivity contribution in [1.29, 1.82) is 0 Å². The summed E-state index contributed by atoms with van der Waals surface area (Å²) in [5.74, 6) is -1.04. The second-order valence-corrected chi connectivity index (χ2v) is 15.1. The predicted molar refractivity (Wildman–Crippen MR) is 121 cm³/mol. The molecule has 0 saturated heterocycles. The molecule has 0 N–H and O–H groups in total. The normalized spacial score (nSPS) is 25.9. The lowest BCUT2D eigenvalue weighted by atomic mass is 9.63. The van der Waals surface area contributed by atoms with Crippen LogP contribution in [0.15, 0.2) is 23.8 Å². The van der Waals surface area contributed by atoms with Gasteiger partial charge in [-0.25, -0.2) is 0 Å². The molecule has 30 heavy (non-hydrogen) atoms. The van der Waals surface area contributed by atoms with Gasteiger partial charge in [-0.05, 0) is 49.7 Å². The zero-order valence-corrected chi connectivity index (χ0v) is 21.0. The lowest BCUT2D eigenvalue weighted by Crippen LogP contribution is -2.61. The number of carbonyl (C=O) groups is 2. The smallest absolute Gasteiger partial charge is 0.325 e. The van der Waals surface area contributed by atoms with Crippen LogP contribution >= 0.6 is 0 Å². The van der Waals surface area contributed by atoms with Crippen molar-refractivity contribution in [3.63, 3.8) is 0 Å². The van der Waals surface area contributed by atoms with Crippen molar-refractivity contribution >= 4 is 20.3 Å². The summed E-state index contributed by atoms with van der Waals surface area (Å²) in [5, 5.41) is -0.0548. The van der Waals surface area contributed by atoms with Crippen LogP contribution in [-0.2, 0) is 23.5 Å². The molecule has 5 nitrogen and oxygen atoms in total. The minimum atomic E-state index is -2.28. The Balaban J connectivity index is 2.58. The molecule has 3 atom stereocenters. The summed E-state index contributed by atoms with van der Waals surface area (Å²) in [6, 6.07) is 0. The van der Waals surface area contributed by atoms with E-state index in [4.69, 9.17) is 13.9 Å². The minimum Gasteiger partial charge on any atom is -0.468 e. The third-order valence-corrected chi connectivity index (χ3v) is 11.6. The number of esters is 2. The highest BCUT2D eigenvalue weighted by molar-refractivity contribution is 6.74. The first-order valence-electron chi connectivity index (χ1n) is 11.2. The third kappa shape index (κ3) is 4.75. The molecule has 0 aromatic heterocycles. The summed E-state index contributed by atoms with van der Waals surface area (Å²) in [6.45, 7) is 13.0. The fourth-order valence-corrected chi connectivity index (χ4v) is 5.80. The monoisotopic (exact) mass is 436 g/mol. The Bertz CT molecular complexity index is 685. The van der Waals surface area contributed by atoms with Crippen LogP contribution in [0.5, 0.6) is 0 Å². The second-order valence-electron chi connectivity index (χ2n) is 10.3. The molecule has 2 bridgehead atoms. The Morgan fingerprint density at radius 2 is 1.77 bits per heavy atom. The second kappa shape index (κ2) is 9.39. The van der Waals surface area contributed by atoms with E-state index in [1.807, 2.05) is 0 Å². The van der Waals surface area contributed by atoms with Crippen molar-refractivity contribution in [3.05, 3.63) is 23.8 Å². The molecule has 2 rings (SSSR count). The van der Waals surface area contributed by atoms with Crippen molar-refractivity contribution in [2.75, 3.05) is 14.2 Å². The van der Waals surface area contributed by atoms with Gasteiger partial charge in [-0.15, -0.1) is 0 Å². The van der Waals surface area contributed by atoms with Crippen molar-refractivity contribution in [2.45, 2.75) is 84.0 Å². The molecule has 2 aliphatic carbocycles. The first kappa shape index (κ1) is 24.9. The predicted octanol–water partition coefficient (Wildman–Crippen LogP) is 5.42. The van der Waals surface area contributed by atoms with E-state index in [0.29, 0.717) is 6.42 Å². The Morgan fingerprint density at radius 1 is 1.17 bits per heavy atom. The SMILES string of the molecule is CCCCC1=C[C@H]2C[C@@H](C=C1)[C@H](O[Si](C)(C)C(C)(C)C)C(C(=O)OC)(C(=O)OC)C2. The molecular formula is C24H40O5Si. The van der Waals surface area contributed by atoms with Gasteiger partial charge in [0.2, 0.25) is 0 Å². The van der Waals surface area contributed by atoms with Crippen LogP contribution < -0.4 is 0 Å². The maximum atomic E-state index is 13.2. The molecule has 0 spiro atoms. The lowest BCUT2D eigenvalue weighted by Gasteiger charge is -2.49. The molecule has 0 unspecified atom stereocenters. The quantitative estimate of drug-likeness (QED) is 0.303. The van der Waals surface area contributed by atoms with Crippen LogP contribution in [0.25, 0.3) is 0 Å². The van der Waals surface area contributed by atoms with Gasteiger partial charge in [-0.1, -0.05) is 57.9 Å². The number of allylic oxidation sites excluding steroid dienone is 3. The maximum absolute atomic E-state index is 13.2. The molecular weight excluding hydrogens is 396 g/mol. The number of rotatable bonds is 7. The fourth-order valence-electron chi connectivity index (χ4n) is 4.44. The summed E-state index contributed by atoms with van der Waals surface area (Å²) in [5.41, 5.74) is -0.172. The highest BCUT2D eigenvalue weighted by Crippen LogP contribution is 2.51.